The Kier molecular flexibility index (Phi) is 5.05. The molecule has 1 fully saturated rings. The molecule has 9 heteroatoms. The molecule has 148 valence electrons. The van der Waals surface area contributed by atoms with E-state index >= 15 is 0 Å². The molecular weight excluding hydrogens is 362 g/mol. The van der Waals surface area contributed by atoms with E-state index in [1.165, 1.54) is 0 Å². The Labute approximate surface area is 163 Å². The monoisotopic (exact) mass is 385 g/mol. The maximum absolute atomic E-state index is 11.9. The van der Waals surface area contributed by atoms with Gasteiger partial charge in [0.05, 0.1) is 6.61 Å². The number of carbonyl (C=O) groups excluding carboxylic acids is 1. The van der Waals surface area contributed by atoms with Gasteiger partial charge in [0.1, 0.15) is 5.82 Å². The summed E-state index contributed by atoms with van der Waals surface area (Å²) in [5.74, 6) is 2.78. The maximum Gasteiger partial charge on any atom is 0.409 e. The highest BCUT2D eigenvalue weighted by molar-refractivity contribution is 5.68. The van der Waals surface area contributed by atoms with Gasteiger partial charge in [0.2, 0.25) is 12.7 Å². The van der Waals surface area contributed by atoms with Crippen LogP contribution in [0.1, 0.15) is 12.6 Å². The van der Waals surface area contributed by atoms with Gasteiger partial charge in [-0.25, -0.2) is 9.78 Å². The fourth-order valence-electron chi connectivity index (χ4n) is 3.21. The van der Waals surface area contributed by atoms with Crippen LogP contribution in [-0.2, 0) is 4.74 Å². The van der Waals surface area contributed by atoms with E-state index in [1.54, 1.807) is 4.90 Å². The molecule has 9 nitrogen and oxygen atoms in total. The molecular formula is C19H23N5O4. The van der Waals surface area contributed by atoms with Crippen molar-refractivity contribution >= 4 is 23.5 Å². The predicted molar refractivity (Wildman–Crippen MR) is 103 cm³/mol. The molecule has 28 heavy (non-hydrogen) atoms. The Morgan fingerprint density at radius 3 is 2.71 bits per heavy atom. The minimum Gasteiger partial charge on any atom is -0.454 e. The van der Waals surface area contributed by atoms with Crippen molar-refractivity contribution in [3.05, 3.63) is 30.0 Å². The molecule has 1 amide bonds. The van der Waals surface area contributed by atoms with Gasteiger partial charge >= 0.3 is 6.09 Å². The van der Waals surface area contributed by atoms with Crippen molar-refractivity contribution in [3.63, 3.8) is 0 Å². The van der Waals surface area contributed by atoms with Crippen molar-refractivity contribution < 1.29 is 19.0 Å². The summed E-state index contributed by atoms with van der Waals surface area (Å²) in [6.07, 6.45) is -0.258. The molecule has 0 unspecified atom stereocenters. The first-order valence-electron chi connectivity index (χ1n) is 9.31. The van der Waals surface area contributed by atoms with Gasteiger partial charge in [-0.2, -0.15) is 4.98 Å². The van der Waals surface area contributed by atoms with Crippen LogP contribution in [0.2, 0.25) is 0 Å². The fraction of sp³-hybridized carbons (Fsp3) is 0.421. The van der Waals surface area contributed by atoms with Crippen LogP contribution in [0.4, 0.5) is 22.2 Å². The maximum atomic E-state index is 11.9. The second-order valence-electron chi connectivity index (χ2n) is 6.56. The Morgan fingerprint density at radius 2 is 1.93 bits per heavy atom. The zero-order chi connectivity index (χ0) is 19.5. The van der Waals surface area contributed by atoms with Crippen LogP contribution < -0.4 is 19.7 Å². The molecule has 2 aliphatic rings. The van der Waals surface area contributed by atoms with Crippen molar-refractivity contribution in [1.82, 2.24) is 14.9 Å². The molecule has 0 aliphatic carbocycles. The zero-order valence-corrected chi connectivity index (χ0v) is 16.0. The molecule has 1 aromatic heterocycles. The normalized spacial score (nSPS) is 15.5. The van der Waals surface area contributed by atoms with E-state index in [2.05, 4.69) is 20.2 Å². The molecule has 4 rings (SSSR count). The minimum atomic E-state index is -0.258. The number of nitrogens with one attached hydrogen (secondary N) is 1. The Hall–Kier alpha value is -3.23. The largest absolute Gasteiger partial charge is 0.454 e. The Bertz CT molecular complexity index is 867. The lowest BCUT2D eigenvalue weighted by atomic mass is 10.3. The van der Waals surface area contributed by atoms with Gasteiger partial charge in [-0.05, 0) is 26.0 Å². The van der Waals surface area contributed by atoms with E-state index in [0.717, 1.165) is 22.9 Å². The second kappa shape index (κ2) is 7.79. The summed E-state index contributed by atoms with van der Waals surface area (Å²) in [6, 6.07) is 7.57. The van der Waals surface area contributed by atoms with Crippen molar-refractivity contribution in [2.75, 3.05) is 49.8 Å². The van der Waals surface area contributed by atoms with Gasteiger partial charge in [0.15, 0.2) is 11.5 Å². The van der Waals surface area contributed by atoms with E-state index in [4.69, 9.17) is 14.2 Å². The molecule has 2 aromatic rings. The van der Waals surface area contributed by atoms with Gasteiger partial charge in [0, 0.05) is 49.7 Å². The highest BCUT2D eigenvalue weighted by Crippen LogP contribution is 2.35. The van der Waals surface area contributed by atoms with E-state index in [1.807, 2.05) is 38.1 Å². The van der Waals surface area contributed by atoms with Crippen LogP contribution in [0.25, 0.3) is 0 Å². The number of nitrogens with zero attached hydrogens (tertiary/aromatic N) is 4. The number of aromatic nitrogens is 2. The van der Waals surface area contributed by atoms with Gasteiger partial charge < -0.3 is 29.3 Å². The molecule has 0 spiro atoms. The van der Waals surface area contributed by atoms with Crippen LogP contribution in [-0.4, -0.2) is 60.5 Å². The molecule has 2 aliphatic heterocycles. The molecule has 1 saturated heterocycles. The number of hydrogen-bond donors (Lipinski definition) is 1. The summed E-state index contributed by atoms with van der Waals surface area (Å²) >= 11 is 0. The number of carbonyl (C=O) groups is 1. The van der Waals surface area contributed by atoms with E-state index in [-0.39, 0.29) is 12.9 Å². The van der Waals surface area contributed by atoms with Crippen LogP contribution >= 0.6 is 0 Å². The lowest BCUT2D eigenvalue weighted by Crippen LogP contribution is -2.49. The zero-order valence-electron chi connectivity index (χ0n) is 16.0. The van der Waals surface area contributed by atoms with Gasteiger partial charge in [-0.15, -0.1) is 0 Å². The quantitative estimate of drug-likeness (QED) is 0.859. The minimum absolute atomic E-state index is 0.238. The molecule has 0 atom stereocenters. The third kappa shape index (κ3) is 3.88. The number of piperazine rings is 1. The molecule has 0 saturated carbocycles. The number of anilines is 3. The second-order valence-corrected chi connectivity index (χ2v) is 6.56. The molecule has 0 radical (unpaired) electrons. The number of fused-ring (bicyclic) bond motifs is 1. The average Bonchev–Trinajstić information content (AvgIpc) is 3.16. The van der Waals surface area contributed by atoms with Crippen molar-refractivity contribution in [2.45, 2.75) is 13.8 Å². The number of rotatable bonds is 4. The number of hydrogen-bond acceptors (Lipinski definition) is 8. The first-order valence-corrected chi connectivity index (χ1v) is 9.31. The van der Waals surface area contributed by atoms with Gasteiger partial charge in [-0.1, -0.05) is 0 Å². The number of amides is 1. The van der Waals surface area contributed by atoms with Crippen LogP contribution in [0.15, 0.2) is 24.3 Å². The van der Waals surface area contributed by atoms with Crippen molar-refractivity contribution in [3.8, 4) is 11.5 Å². The third-order valence-corrected chi connectivity index (χ3v) is 4.60. The molecule has 3 heterocycles. The SMILES string of the molecule is CCOC(=O)N1CCN(c2cc(C)nc(Nc3ccc4c(c3)OCO4)n2)CC1. The first kappa shape index (κ1) is 18.1. The van der Waals surface area contributed by atoms with E-state index < -0.39 is 0 Å². The summed E-state index contributed by atoms with van der Waals surface area (Å²) in [4.78, 5) is 24.9. The smallest absolute Gasteiger partial charge is 0.409 e. The van der Waals surface area contributed by atoms with Crippen LogP contribution in [0.3, 0.4) is 0 Å². The lowest BCUT2D eigenvalue weighted by Gasteiger charge is -2.34. The highest BCUT2D eigenvalue weighted by Gasteiger charge is 2.23. The molecule has 0 bridgehead atoms. The summed E-state index contributed by atoms with van der Waals surface area (Å²) < 4.78 is 15.8. The average molecular weight is 385 g/mol. The molecule has 1 N–H and O–H groups in total. The molecule has 1 aromatic carbocycles. The summed E-state index contributed by atoms with van der Waals surface area (Å²) in [5, 5.41) is 3.23. The van der Waals surface area contributed by atoms with Gasteiger partial charge in [0.25, 0.3) is 0 Å². The summed E-state index contributed by atoms with van der Waals surface area (Å²) in [6.45, 7) is 6.97. The van der Waals surface area contributed by atoms with Crippen LogP contribution in [0.5, 0.6) is 11.5 Å². The fourth-order valence-corrected chi connectivity index (χ4v) is 3.21. The Morgan fingerprint density at radius 1 is 1.14 bits per heavy atom. The summed E-state index contributed by atoms with van der Waals surface area (Å²) in [5.41, 5.74) is 1.69. The Balaban J connectivity index is 1.45. The topological polar surface area (TPSA) is 89.1 Å². The van der Waals surface area contributed by atoms with Gasteiger partial charge in [-0.3, -0.25) is 0 Å². The summed E-state index contributed by atoms with van der Waals surface area (Å²) in [7, 11) is 0. The van der Waals surface area contributed by atoms with E-state index in [9.17, 15) is 4.79 Å². The van der Waals surface area contributed by atoms with Crippen molar-refractivity contribution in [2.24, 2.45) is 0 Å². The standard InChI is InChI=1S/C19H23N5O4/c1-3-26-19(25)24-8-6-23(7-9-24)17-10-13(2)20-18(22-17)21-14-4-5-15-16(11-14)28-12-27-15/h4-5,10-11H,3,6-9,12H2,1-2H3,(H,20,21,22). The van der Waals surface area contributed by atoms with E-state index in [0.29, 0.717) is 44.5 Å². The number of ether oxygens (including phenoxy) is 3. The lowest BCUT2D eigenvalue weighted by molar-refractivity contribution is 0.105. The third-order valence-electron chi connectivity index (χ3n) is 4.60. The number of benzene rings is 1. The van der Waals surface area contributed by atoms with Crippen molar-refractivity contribution in [1.29, 1.82) is 0 Å². The van der Waals surface area contributed by atoms with Crippen LogP contribution in [0, 0.1) is 6.92 Å². The highest BCUT2D eigenvalue weighted by atomic mass is 16.7. The number of aryl methyl sites for hydroxylation is 1. The first-order chi connectivity index (χ1) is 13.6. The predicted octanol–water partition coefficient (Wildman–Crippen LogP) is 2.54.